The molecule has 0 nitrogen and oxygen atoms in total. The van der Waals surface area contributed by atoms with Gasteiger partial charge in [-0.2, -0.15) is 0 Å². The van der Waals surface area contributed by atoms with Gasteiger partial charge in [-0.25, -0.2) is 0 Å². The molecule has 2 bridgehead atoms. The van der Waals surface area contributed by atoms with Crippen LogP contribution in [0.2, 0.25) is 0 Å². The van der Waals surface area contributed by atoms with Crippen molar-refractivity contribution in [2.24, 2.45) is 5.92 Å². The number of fused-ring (bicyclic) bond motifs is 2. The lowest BCUT2D eigenvalue weighted by Gasteiger charge is -2.07. The Kier molecular flexibility index (Phi) is 2.87. The molecule has 1 atom stereocenters. The summed E-state index contributed by atoms with van der Waals surface area (Å²) in [5, 5.41) is 0. The zero-order valence-electron chi connectivity index (χ0n) is 8.68. The molecule has 0 aromatic heterocycles. The highest BCUT2D eigenvalue weighted by atomic mass is 14.3. The molecule has 2 aliphatic rings. The lowest BCUT2D eigenvalue weighted by molar-refractivity contribution is 0.567. The van der Waals surface area contributed by atoms with E-state index in [4.69, 9.17) is 0 Å². The molecule has 0 spiro atoms. The second-order valence-corrected chi connectivity index (χ2v) is 4.49. The number of rotatable bonds is 4. The van der Waals surface area contributed by atoms with E-state index in [9.17, 15) is 0 Å². The molecular weight excluding hydrogens is 156 g/mol. The van der Waals surface area contributed by atoms with Crippen LogP contribution in [0.25, 0.3) is 0 Å². The van der Waals surface area contributed by atoms with Crippen LogP contribution in [-0.4, -0.2) is 0 Å². The van der Waals surface area contributed by atoms with E-state index in [2.05, 4.69) is 19.1 Å². The lowest BCUT2D eigenvalue weighted by Crippen LogP contribution is -1.91. The van der Waals surface area contributed by atoms with E-state index in [0.717, 1.165) is 5.92 Å². The van der Waals surface area contributed by atoms with Crippen molar-refractivity contribution in [2.75, 3.05) is 0 Å². The highest BCUT2D eigenvalue weighted by molar-refractivity contribution is 5.33. The minimum atomic E-state index is 1.03. The molecule has 0 saturated heterocycles. The van der Waals surface area contributed by atoms with E-state index >= 15 is 0 Å². The Labute approximate surface area is 81.7 Å². The first-order valence-electron chi connectivity index (χ1n) is 5.77. The van der Waals surface area contributed by atoms with Crippen molar-refractivity contribution in [3.63, 3.8) is 0 Å². The molecule has 13 heavy (non-hydrogen) atoms. The summed E-state index contributed by atoms with van der Waals surface area (Å²) in [5.41, 5.74) is 3.46. The van der Waals surface area contributed by atoms with Gasteiger partial charge in [0, 0.05) is 0 Å². The summed E-state index contributed by atoms with van der Waals surface area (Å²) < 4.78 is 0. The normalized spacial score (nSPS) is 26.7. The molecule has 72 valence electrons. The van der Waals surface area contributed by atoms with Crippen LogP contribution in [-0.2, 0) is 0 Å². The number of allylic oxidation sites excluding steroid dienone is 4. The summed E-state index contributed by atoms with van der Waals surface area (Å²) in [5.74, 6) is 1.03. The molecule has 0 N–H and O–H groups in total. The van der Waals surface area contributed by atoms with Crippen LogP contribution in [0.5, 0.6) is 0 Å². The van der Waals surface area contributed by atoms with Crippen LogP contribution >= 0.6 is 0 Å². The Bertz CT molecular complexity index is 232. The van der Waals surface area contributed by atoms with E-state index in [-0.39, 0.29) is 0 Å². The van der Waals surface area contributed by atoms with Gasteiger partial charge in [0.2, 0.25) is 0 Å². The van der Waals surface area contributed by atoms with Crippen LogP contribution in [0.1, 0.15) is 51.9 Å². The summed E-state index contributed by atoms with van der Waals surface area (Å²) in [6.07, 6.45) is 14.4. The molecule has 0 heteroatoms. The third-order valence-electron chi connectivity index (χ3n) is 3.40. The van der Waals surface area contributed by atoms with Crippen molar-refractivity contribution in [3.8, 4) is 0 Å². The Morgan fingerprint density at radius 1 is 1.38 bits per heavy atom. The molecule has 2 rings (SSSR count). The van der Waals surface area contributed by atoms with E-state index in [1.165, 1.54) is 44.9 Å². The van der Waals surface area contributed by atoms with Gasteiger partial charge in [-0.15, -0.1) is 0 Å². The van der Waals surface area contributed by atoms with Crippen LogP contribution in [0.3, 0.4) is 0 Å². The minimum absolute atomic E-state index is 1.03. The van der Waals surface area contributed by atoms with Gasteiger partial charge in [0.05, 0.1) is 0 Å². The quantitative estimate of drug-likeness (QED) is 0.562. The maximum absolute atomic E-state index is 2.41. The molecule has 0 aromatic rings. The summed E-state index contributed by atoms with van der Waals surface area (Å²) in [6.45, 7) is 2.26. The third-order valence-corrected chi connectivity index (χ3v) is 3.40. The fourth-order valence-corrected chi connectivity index (χ4v) is 2.59. The Morgan fingerprint density at radius 3 is 2.92 bits per heavy atom. The van der Waals surface area contributed by atoms with Gasteiger partial charge >= 0.3 is 0 Å². The summed E-state index contributed by atoms with van der Waals surface area (Å²) >= 11 is 0. The molecule has 0 amide bonds. The predicted octanol–water partition coefficient (Wildman–Crippen LogP) is 4.23. The van der Waals surface area contributed by atoms with Gasteiger partial charge in [0.25, 0.3) is 0 Å². The second kappa shape index (κ2) is 4.13. The predicted molar refractivity (Wildman–Crippen MR) is 57.6 cm³/mol. The smallest absolute Gasteiger partial charge is 0.0248 e. The van der Waals surface area contributed by atoms with Crippen molar-refractivity contribution in [2.45, 2.75) is 51.9 Å². The molecule has 0 aliphatic heterocycles. The molecule has 1 fully saturated rings. The molecule has 1 unspecified atom stereocenters. The maximum Gasteiger partial charge on any atom is -0.0248 e. The minimum Gasteiger partial charge on any atom is -0.0843 e. The number of hydrogen-bond acceptors (Lipinski definition) is 0. The van der Waals surface area contributed by atoms with Crippen LogP contribution < -0.4 is 0 Å². The Hall–Kier alpha value is -0.520. The van der Waals surface area contributed by atoms with Crippen molar-refractivity contribution in [3.05, 3.63) is 23.3 Å². The van der Waals surface area contributed by atoms with Gasteiger partial charge in [-0.1, -0.05) is 37.5 Å². The van der Waals surface area contributed by atoms with Gasteiger partial charge in [0.15, 0.2) is 0 Å². The van der Waals surface area contributed by atoms with Crippen LogP contribution in [0.15, 0.2) is 23.3 Å². The second-order valence-electron chi connectivity index (χ2n) is 4.49. The first kappa shape index (κ1) is 9.05. The zero-order chi connectivity index (χ0) is 9.10. The monoisotopic (exact) mass is 176 g/mol. The van der Waals surface area contributed by atoms with Gasteiger partial charge in [-0.3, -0.25) is 0 Å². The number of hydrogen-bond donors (Lipinski definition) is 0. The van der Waals surface area contributed by atoms with Crippen molar-refractivity contribution in [1.82, 2.24) is 0 Å². The standard InChI is InChI=1S/C13H20/c1-2-3-4-5-6-12-9-11-7-8-13(12)10-11/h5-6,11H,2-4,7-10H2,1H3/b6-5+. The Morgan fingerprint density at radius 2 is 2.31 bits per heavy atom. The first-order chi connectivity index (χ1) is 6.40. The van der Waals surface area contributed by atoms with E-state index < -0.39 is 0 Å². The topological polar surface area (TPSA) is 0 Å². The molecular formula is C13H20. The summed E-state index contributed by atoms with van der Waals surface area (Å²) in [7, 11) is 0. The maximum atomic E-state index is 2.41. The third kappa shape index (κ3) is 2.04. The average molecular weight is 176 g/mol. The van der Waals surface area contributed by atoms with E-state index in [1.807, 2.05) is 0 Å². The van der Waals surface area contributed by atoms with Gasteiger partial charge in [-0.05, 0) is 43.6 Å². The van der Waals surface area contributed by atoms with Crippen LogP contribution in [0, 0.1) is 5.92 Å². The largest absolute Gasteiger partial charge is 0.0843 e. The molecule has 0 heterocycles. The fourth-order valence-electron chi connectivity index (χ4n) is 2.59. The molecule has 0 aromatic carbocycles. The average Bonchev–Trinajstić information content (AvgIpc) is 2.73. The van der Waals surface area contributed by atoms with Gasteiger partial charge in [0.1, 0.15) is 0 Å². The highest BCUT2D eigenvalue weighted by Gasteiger charge is 2.28. The van der Waals surface area contributed by atoms with Crippen molar-refractivity contribution < 1.29 is 0 Å². The fraction of sp³-hybridized carbons (Fsp3) is 0.692. The highest BCUT2D eigenvalue weighted by Crippen LogP contribution is 2.44. The first-order valence-corrected chi connectivity index (χ1v) is 5.77. The van der Waals surface area contributed by atoms with Crippen LogP contribution in [0.4, 0.5) is 0 Å². The Balaban J connectivity index is 1.85. The van der Waals surface area contributed by atoms with Crippen molar-refractivity contribution >= 4 is 0 Å². The lowest BCUT2D eigenvalue weighted by atomic mass is 9.98. The van der Waals surface area contributed by atoms with Crippen molar-refractivity contribution in [1.29, 1.82) is 0 Å². The SMILES string of the molecule is CCCC/C=C/C1=C2CCC(C1)C2. The molecule has 2 aliphatic carbocycles. The van der Waals surface area contributed by atoms with E-state index in [1.54, 1.807) is 11.1 Å². The molecule has 0 radical (unpaired) electrons. The van der Waals surface area contributed by atoms with E-state index in [0.29, 0.717) is 0 Å². The molecule has 1 saturated carbocycles. The number of unbranched alkanes of at least 4 members (excludes halogenated alkanes) is 2. The summed E-state index contributed by atoms with van der Waals surface area (Å²) in [4.78, 5) is 0. The zero-order valence-corrected chi connectivity index (χ0v) is 8.68. The summed E-state index contributed by atoms with van der Waals surface area (Å²) in [6, 6.07) is 0. The van der Waals surface area contributed by atoms with Gasteiger partial charge < -0.3 is 0 Å².